The molecular formula is C18H24O3. The Kier molecular flexibility index (Phi) is 5.43. The molecule has 2 aromatic rings. The maximum absolute atomic E-state index is 11.6. The molecule has 0 amide bonds. The van der Waals surface area contributed by atoms with E-state index in [-0.39, 0.29) is 11.4 Å². The van der Waals surface area contributed by atoms with Crippen LogP contribution in [0.1, 0.15) is 57.1 Å². The number of rotatable bonds is 7. The summed E-state index contributed by atoms with van der Waals surface area (Å²) in [5.74, 6) is 0.232. The van der Waals surface area contributed by atoms with E-state index in [2.05, 4.69) is 13.8 Å². The summed E-state index contributed by atoms with van der Waals surface area (Å²) in [5, 5.41) is 11.1. The lowest BCUT2D eigenvalue weighted by Crippen LogP contribution is -2.01. The van der Waals surface area contributed by atoms with Crippen LogP contribution < -0.4 is 5.63 Å². The average molecular weight is 288 g/mol. The number of phenols is 1. The molecule has 0 fully saturated rings. The minimum atomic E-state index is -0.346. The number of unbranched alkanes of at least 4 members (excludes halogenated alkanes) is 3. The first-order valence-corrected chi connectivity index (χ1v) is 7.94. The molecule has 21 heavy (non-hydrogen) atoms. The van der Waals surface area contributed by atoms with Crippen LogP contribution in [-0.4, -0.2) is 5.11 Å². The molecular weight excluding hydrogens is 264 g/mol. The van der Waals surface area contributed by atoms with Crippen LogP contribution in [0.15, 0.2) is 27.4 Å². The number of aryl methyl sites for hydroxylation is 2. The molecule has 0 aliphatic heterocycles. The highest BCUT2D eigenvalue weighted by Crippen LogP contribution is 2.28. The molecule has 114 valence electrons. The van der Waals surface area contributed by atoms with Gasteiger partial charge in [-0.2, -0.15) is 0 Å². The van der Waals surface area contributed by atoms with Gasteiger partial charge in [0.1, 0.15) is 11.3 Å². The molecule has 0 unspecified atom stereocenters. The fourth-order valence-electron chi connectivity index (χ4n) is 2.73. The smallest absolute Gasteiger partial charge is 0.336 e. The summed E-state index contributed by atoms with van der Waals surface area (Å²) in [4.78, 5) is 11.6. The van der Waals surface area contributed by atoms with E-state index in [0.717, 1.165) is 42.2 Å². The van der Waals surface area contributed by atoms with Crippen LogP contribution in [0.4, 0.5) is 0 Å². The van der Waals surface area contributed by atoms with Crippen molar-refractivity contribution in [2.24, 2.45) is 0 Å². The number of aromatic hydroxyl groups is 1. The lowest BCUT2D eigenvalue weighted by molar-refractivity contribution is 0.464. The van der Waals surface area contributed by atoms with Gasteiger partial charge in [0.25, 0.3) is 0 Å². The second kappa shape index (κ2) is 7.30. The quantitative estimate of drug-likeness (QED) is 0.599. The van der Waals surface area contributed by atoms with Crippen molar-refractivity contribution in [3.8, 4) is 5.75 Å². The molecule has 0 aliphatic carbocycles. The van der Waals surface area contributed by atoms with Crippen LogP contribution in [0.3, 0.4) is 0 Å². The standard InChI is InChI=1S/C18H24O3/c1-3-5-6-7-9-14-10-15-13(8-4-2)11-18(20)21-17(15)12-16(14)19/h10-12,19H,3-9H2,1-2H3. The monoisotopic (exact) mass is 288 g/mol. The van der Waals surface area contributed by atoms with Crippen molar-refractivity contribution >= 4 is 11.0 Å². The Balaban J connectivity index is 2.35. The molecule has 0 saturated heterocycles. The van der Waals surface area contributed by atoms with Gasteiger partial charge in [-0.1, -0.05) is 39.5 Å². The maximum atomic E-state index is 11.6. The first-order chi connectivity index (χ1) is 10.2. The van der Waals surface area contributed by atoms with Crippen LogP contribution in [0.2, 0.25) is 0 Å². The fourth-order valence-corrected chi connectivity index (χ4v) is 2.73. The van der Waals surface area contributed by atoms with Gasteiger partial charge >= 0.3 is 5.63 Å². The lowest BCUT2D eigenvalue weighted by atomic mass is 9.99. The predicted octanol–water partition coefficient (Wildman–Crippen LogP) is 4.57. The van der Waals surface area contributed by atoms with E-state index in [1.165, 1.54) is 19.3 Å². The van der Waals surface area contributed by atoms with Crippen molar-refractivity contribution in [2.75, 3.05) is 0 Å². The fraction of sp³-hybridized carbons (Fsp3) is 0.500. The summed E-state index contributed by atoms with van der Waals surface area (Å²) in [7, 11) is 0. The van der Waals surface area contributed by atoms with Crippen LogP contribution >= 0.6 is 0 Å². The summed E-state index contributed by atoms with van der Waals surface area (Å²) < 4.78 is 5.21. The van der Waals surface area contributed by atoms with Crippen LogP contribution in [0.25, 0.3) is 11.0 Å². The molecule has 0 spiro atoms. The molecule has 0 bridgehead atoms. The van der Waals surface area contributed by atoms with E-state index in [1.54, 1.807) is 12.1 Å². The summed E-state index contributed by atoms with van der Waals surface area (Å²) in [6.07, 6.45) is 7.38. The normalized spacial score (nSPS) is 11.1. The molecule has 3 nitrogen and oxygen atoms in total. The third-order valence-corrected chi connectivity index (χ3v) is 3.85. The van der Waals surface area contributed by atoms with E-state index in [9.17, 15) is 9.90 Å². The zero-order chi connectivity index (χ0) is 15.2. The zero-order valence-corrected chi connectivity index (χ0v) is 12.9. The molecule has 1 N–H and O–H groups in total. The molecule has 0 radical (unpaired) electrons. The molecule has 1 aromatic carbocycles. The lowest BCUT2D eigenvalue weighted by Gasteiger charge is -2.09. The van der Waals surface area contributed by atoms with Crippen molar-refractivity contribution in [3.05, 3.63) is 39.7 Å². The van der Waals surface area contributed by atoms with Gasteiger partial charge in [-0.05, 0) is 36.5 Å². The Labute approximate surface area is 125 Å². The van der Waals surface area contributed by atoms with Crippen molar-refractivity contribution in [2.45, 2.75) is 58.8 Å². The minimum absolute atomic E-state index is 0.232. The van der Waals surface area contributed by atoms with Gasteiger partial charge in [-0.15, -0.1) is 0 Å². The summed E-state index contributed by atoms with van der Waals surface area (Å²) >= 11 is 0. The Bertz CT molecular complexity index is 655. The first-order valence-electron chi connectivity index (χ1n) is 7.94. The van der Waals surface area contributed by atoms with Crippen molar-refractivity contribution < 1.29 is 9.52 Å². The van der Waals surface area contributed by atoms with Gasteiger partial charge in [-0.3, -0.25) is 0 Å². The molecule has 1 heterocycles. The number of hydrogen-bond donors (Lipinski definition) is 1. The van der Waals surface area contributed by atoms with Crippen molar-refractivity contribution in [1.29, 1.82) is 0 Å². The highest BCUT2D eigenvalue weighted by atomic mass is 16.4. The Hall–Kier alpha value is -1.77. The SMILES string of the molecule is CCCCCCc1cc2c(CCC)cc(=O)oc2cc1O. The van der Waals surface area contributed by atoms with Crippen molar-refractivity contribution in [1.82, 2.24) is 0 Å². The summed E-state index contributed by atoms with van der Waals surface area (Å²) in [6.45, 7) is 4.28. The number of phenolic OH excluding ortho intramolecular Hbond substituents is 1. The largest absolute Gasteiger partial charge is 0.508 e. The van der Waals surface area contributed by atoms with Crippen molar-refractivity contribution in [3.63, 3.8) is 0 Å². The number of fused-ring (bicyclic) bond motifs is 1. The third-order valence-electron chi connectivity index (χ3n) is 3.85. The average Bonchev–Trinajstić information content (AvgIpc) is 2.44. The second-order valence-electron chi connectivity index (χ2n) is 5.63. The van der Waals surface area contributed by atoms with Crippen LogP contribution in [-0.2, 0) is 12.8 Å². The maximum Gasteiger partial charge on any atom is 0.336 e. The van der Waals surface area contributed by atoms with Crippen LogP contribution in [0, 0.1) is 0 Å². The van der Waals surface area contributed by atoms with E-state index in [4.69, 9.17) is 4.42 Å². The summed E-state index contributed by atoms with van der Waals surface area (Å²) in [5.41, 5.74) is 2.10. The van der Waals surface area contributed by atoms with E-state index >= 15 is 0 Å². The van der Waals surface area contributed by atoms with Gasteiger partial charge in [0.2, 0.25) is 0 Å². The molecule has 1 aromatic heterocycles. The molecule has 0 aliphatic rings. The Morgan fingerprint density at radius 1 is 0.952 bits per heavy atom. The first kappa shape index (κ1) is 15.6. The number of benzene rings is 1. The molecule has 0 atom stereocenters. The Morgan fingerprint density at radius 3 is 2.48 bits per heavy atom. The van der Waals surface area contributed by atoms with Gasteiger partial charge in [0.15, 0.2) is 0 Å². The van der Waals surface area contributed by atoms with E-state index < -0.39 is 0 Å². The zero-order valence-electron chi connectivity index (χ0n) is 12.9. The predicted molar refractivity (Wildman–Crippen MR) is 86.0 cm³/mol. The van der Waals surface area contributed by atoms with Gasteiger partial charge in [-0.25, -0.2) is 4.79 Å². The van der Waals surface area contributed by atoms with E-state index in [1.807, 2.05) is 6.07 Å². The minimum Gasteiger partial charge on any atom is -0.508 e. The topological polar surface area (TPSA) is 50.4 Å². The van der Waals surface area contributed by atoms with E-state index in [0.29, 0.717) is 5.58 Å². The van der Waals surface area contributed by atoms with Gasteiger partial charge in [0, 0.05) is 17.5 Å². The van der Waals surface area contributed by atoms with Gasteiger partial charge in [0.05, 0.1) is 0 Å². The highest BCUT2D eigenvalue weighted by molar-refractivity contribution is 5.82. The Morgan fingerprint density at radius 2 is 1.76 bits per heavy atom. The van der Waals surface area contributed by atoms with Gasteiger partial charge < -0.3 is 9.52 Å². The number of hydrogen-bond acceptors (Lipinski definition) is 3. The highest BCUT2D eigenvalue weighted by Gasteiger charge is 2.10. The van der Waals surface area contributed by atoms with Crippen LogP contribution in [0.5, 0.6) is 5.75 Å². The molecule has 0 saturated carbocycles. The second-order valence-corrected chi connectivity index (χ2v) is 5.63. The molecule has 2 rings (SSSR count). The summed E-state index contributed by atoms with van der Waals surface area (Å²) in [6, 6.07) is 5.15. The third kappa shape index (κ3) is 3.87. The molecule has 3 heteroatoms.